The molecule has 2 N–H and O–H groups in total. The molecule has 0 amide bonds. The first-order valence-corrected chi connectivity index (χ1v) is 11.2. The number of benzene rings is 2. The molecule has 0 heterocycles. The molecule has 4 nitrogen and oxygen atoms in total. The Labute approximate surface area is 122 Å². The first kappa shape index (κ1) is 13.7. The van der Waals surface area contributed by atoms with Crippen molar-refractivity contribution >= 4 is 18.1 Å². The molecule has 0 saturated carbocycles. The van der Waals surface area contributed by atoms with E-state index in [0.717, 1.165) is 0 Å². The summed E-state index contributed by atoms with van der Waals surface area (Å²) in [5.74, 6) is -1.84. The van der Waals surface area contributed by atoms with E-state index in [1.807, 2.05) is 24.3 Å². The van der Waals surface area contributed by atoms with Crippen molar-refractivity contribution in [2.24, 2.45) is 0 Å². The van der Waals surface area contributed by atoms with Gasteiger partial charge in [0.15, 0.2) is 0 Å². The molecule has 0 aromatic heterocycles. The summed E-state index contributed by atoms with van der Waals surface area (Å²) >= 11 is -1.50. The van der Waals surface area contributed by atoms with E-state index < -0.39 is 36.5 Å². The van der Waals surface area contributed by atoms with E-state index in [-0.39, 0.29) is 0 Å². The summed E-state index contributed by atoms with van der Waals surface area (Å²) in [6, 6.07) is 13.9. The van der Waals surface area contributed by atoms with Crippen molar-refractivity contribution in [3.05, 3.63) is 59.7 Å². The second-order valence-electron chi connectivity index (χ2n) is 4.18. The Bertz CT molecular complexity index is 547. The summed E-state index contributed by atoms with van der Waals surface area (Å²) in [5, 5.41) is 17.6. The van der Waals surface area contributed by atoms with Crippen LogP contribution < -0.4 is 6.14 Å². The molecule has 92 valence electrons. The van der Waals surface area contributed by atoms with E-state index in [1.54, 1.807) is 24.3 Å². The molecule has 0 aliphatic heterocycles. The second kappa shape index (κ2) is 5.97. The van der Waals surface area contributed by atoms with Crippen molar-refractivity contribution in [3.8, 4) is 0 Å². The number of carboxylic acid groups (broad SMARTS) is 2. The molecule has 19 heavy (non-hydrogen) atoms. The fourth-order valence-electron chi connectivity index (χ4n) is 1.77. The first-order valence-electron chi connectivity index (χ1n) is 5.71. The van der Waals surface area contributed by atoms with Gasteiger partial charge in [-0.3, -0.25) is 0 Å². The normalized spacial score (nSPS) is 9.68. The van der Waals surface area contributed by atoms with Crippen LogP contribution in [0.5, 0.6) is 0 Å². The average molecular weight is 443 g/mol. The van der Waals surface area contributed by atoms with E-state index in [1.165, 1.54) is 6.14 Å². The second-order valence-corrected chi connectivity index (χ2v) is 11.9. The van der Waals surface area contributed by atoms with Crippen molar-refractivity contribution in [1.29, 1.82) is 0 Å². The Morgan fingerprint density at radius 2 is 1.00 bits per heavy atom. The van der Waals surface area contributed by atoms with Crippen molar-refractivity contribution in [3.63, 3.8) is 0 Å². The molecule has 0 radical (unpaired) electrons. The van der Waals surface area contributed by atoms with Gasteiger partial charge in [0.05, 0.1) is 0 Å². The minimum absolute atomic E-state index is 0.290. The van der Waals surface area contributed by atoms with Crippen molar-refractivity contribution < 1.29 is 44.4 Å². The van der Waals surface area contributed by atoms with Crippen LogP contribution in [-0.4, -0.2) is 22.2 Å². The molecular formula is C14H10HgO4. The maximum atomic E-state index is 10.7. The molecule has 0 saturated heterocycles. The van der Waals surface area contributed by atoms with Gasteiger partial charge in [-0.25, -0.2) is 0 Å². The molecule has 2 aromatic carbocycles. The third-order valence-corrected chi connectivity index (χ3v) is 9.65. The quantitative estimate of drug-likeness (QED) is 0.696. The monoisotopic (exact) mass is 444 g/mol. The zero-order valence-electron chi connectivity index (χ0n) is 10.0. The summed E-state index contributed by atoms with van der Waals surface area (Å²) in [5.41, 5.74) is 0.580. The van der Waals surface area contributed by atoms with Gasteiger partial charge >= 0.3 is 122 Å². The zero-order valence-corrected chi connectivity index (χ0v) is 15.5. The average Bonchev–Trinajstić information content (AvgIpc) is 2.40. The van der Waals surface area contributed by atoms with E-state index >= 15 is 0 Å². The van der Waals surface area contributed by atoms with Crippen LogP contribution in [0.15, 0.2) is 48.5 Å². The summed E-state index contributed by atoms with van der Waals surface area (Å²) in [7, 11) is 0. The van der Waals surface area contributed by atoms with Gasteiger partial charge in [0.25, 0.3) is 0 Å². The van der Waals surface area contributed by atoms with Gasteiger partial charge in [-0.1, -0.05) is 0 Å². The fraction of sp³-hybridized carbons (Fsp3) is 0. The van der Waals surface area contributed by atoms with Gasteiger partial charge in [-0.2, -0.15) is 0 Å². The molecule has 5 heteroatoms. The van der Waals surface area contributed by atoms with Crippen molar-refractivity contribution in [2.45, 2.75) is 0 Å². The molecule has 0 aliphatic rings. The van der Waals surface area contributed by atoms with Gasteiger partial charge in [0.2, 0.25) is 0 Å². The minimum atomic E-state index is -1.50. The molecule has 0 spiro atoms. The number of rotatable bonds is 4. The number of carbonyl (C=O) groups is 2. The number of aromatic carboxylic acids is 2. The standard InChI is InChI=1S/2C7H5O2.Hg/c2*8-7(9)6-4-2-1-3-5-6;/h2*2-5H,(H,8,9);. The van der Waals surface area contributed by atoms with E-state index in [0.29, 0.717) is 11.1 Å². The van der Waals surface area contributed by atoms with Crippen LogP contribution in [0.4, 0.5) is 0 Å². The Kier molecular flexibility index (Phi) is 4.32. The van der Waals surface area contributed by atoms with Crippen LogP contribution in [0.2, 0.25) is 0 Å². The van der Waals surface area contributed by atoms with Gasteiger partial charge in [0, 0.05) is 0 Å². The summed E-state index contributed by atoms with van der Waals surface area (Å²) < 4.78 is 2.40. The van der Waals surface area contributed by atoms with Crippen LogP contribution in [0.3, 0.4) is 0 Å². The maximum absolute atomic E-state index is 10.7. The summed E-state index contributed by atoms with van der Waals surface area (Å²) in [4.78, 5) is 21.5. The predicted octanol–water partition coefficient (Wildman–Crippen LogP) is 1.12. The van der Waals surface area contributed by atoms with Crippen LogP contribution in [-0.2, 0) is 24.6 Å². The topological polar surface area (TPSA) is 74.6 Å². The molecule has 2 aromatic rings. The van der Waals surface area contributed by atoms with Crippen LogP contribution in [0.25, 0.3) is 0 Å². The number of hydrogen-bond donors (Lipinski definition) is 2. The number of carboxylic acids is 2. The van der Waals surface area contributed by atoms with Crippen molar-refractivity contribution in [1.82, 2.24) is 0 Å². The molecule has 0 aliphatic carbocycles. The molecule has 0 fully saturated rings. The molecule has 0 unspecified atom stereocenters. The van der Waals surface area contributed by atoms with Gasteiger partial charge in [-0.15, -0.1) is 0 Å². The predicted molar refractivity (Wildman–Crippen MR) is 66.1 cm³/mol. The molecule has 2 rings (SSSR count). The van der Waals surface area contributed by atoms with Crippen LogP contribution in [0.1, 0.15) is 20.7 Å². The Morgan fingerprint density at radius 3 is 1.26 bits per heavy atom. The van der Waals surface area contributed by atoms with Crippen molar-refractivity contribution in [2.75, 3.05) is 0 Å². The number of hydrogen-bond acceptors (Lipinski definition) is 2. The van der Waals surface area contributed by atoms with Gasteiger partial charge in [-0.05, 0) is 0 Å². The third-order valence-electron chi connectivity index (χ3n) is 2.81. The van der Waals surface area contributed by atoms with E-state index in [9.17, 15) is 9.59 Å². The Hall–Kier alpha value is -1.68. The third kappa shape index (κ3) is 3.64. The van der Waals surface area contributed by atoms with E-state index in [2.05, 4.69) is 0 Å². The Balaban J connectivity index is 2.12. The van der Waals surface area contributed by atoms with Crippen LogP contribution >= 0.6 is 0 Å². The van der Waals surface area contributed by atoms with E-state index in [4.69, 9.17) is 10.2 Å². The molecular weight excluding hydrogens is 433 g/mol. The fourth-order valence-corrected chi connectivity index (χ4v) is 7.26. The SMILES string of the molecule is O=C(O)c1cc[c]([Hg][c]2ccc(C(=O)O)cc2)cc1. The summed E-state index contributed by atoms with van der Waals surface area (Å²) in [6.45, 7) is 0. The Morgan fingerprint density at radius 1 is 0.684 bits per heavy atom. The first-order chi connectivity index (χ1) is 9.06. The van der Waals surface area contributed by atoms with Gasteiger partial charge < -0.3 is 0 Å². The van der Waals surface area contributed by atoms with Crippen LogP contribution in [0, 0.1) is 0 Å². The molecule has 0 bridgehead atoms. The van der Waals surface area contributed by atoms with Gasteiger partial charge in [0.1, 0.15) is 0 Å². The molecule has 0 atom stereocenters. The summed E-state index contributed by atoms with van der Waals surface area (Å²) in [6.07, 6.45) is 0. The zero-order chi connectivity index (χ0) is 13.8.